The Morgan fingerprint density at radius 2 is 1.86 bits per heavy atom. The van der Waals surface area contributed by atoms with E-state index >= 15 is 0 Å². The van der Waals surface area contributed by atoms with Crippen LogP contribution in [0.5, 0.6) is 5.75 Å². The summed E-state index contributed by atoms with van der Waals surface area (Å²) in [5.41, 5.74) is 2.02. The van der Waals surface area contributed by atoms with Crippen LogP contribution in [-0.4, -0.2) is 53.1 Å². The number of nitrogens with one attached hydrogen (secondary N) is 1. The van der Waals surface area contributed by atoms with Gasteiger partial charge in [-0.25, -0.2) is 18.7 Å². The molecule has 6 nitrogen and oxygen atoms in total. The molecular formula is C27H27F2N5O. The zero-order valence-electron chi connectivity index (χ0n) is 19.6. The van der Waals surface area contributed by atoms with Gasteiger partial charge < -0.3 is 10.1 Å². The molecule has 2 aromatic carbocycles. The van der Waals surface area contributed by atoms with Crippen LogP contribution in [0.3, 0.4) is 0 Å². The molecule has 3 heterocycles. The summed E-state index contributed by atoms with van der Waals surface area (Å²) in [6.45, 7) is 3.39. The topological polar surface area (TPSA) is 63.2 Å². The highest BCUT2D eigenvalue weighted by atomic mass is 19.2. The number of pyridine rings is 1. The van der Waals surface area contributed by atoms with E-state index < -0.39 is 11.6 Å². The van der Waals surface area contributed by atoms with Gasteiger partial charge in [-0.15, -0.1) is 0 Å². The van der Waals surface area contributed by atoms with Gasteiger partial charge >= 0.3 is 0 Å². The van der Waals surface area contributed by atoms with Crippen molar-refractivity contribution >= 4 is 16.7 Å². The average molecular weight is 476 g/mol. The molecule has 2 aromatic heterocycles. The normalized spacial score (nSPS) is 14.3. The van der Waals surface area contributed by atoms with E-state index in [1.54, 1.807) is 37.6 Å². The number of anilines is 1. The van der Waals surface area contributed by atoms with Crippen LogP contribution in [0.2, 0.25) is 0 Å². The average Bonchev–Trinajstić information content (AvgIpc) is 2.90. The van der Waals surface area contributed by atoms with Crippen LogP contribution in [0.1, 0.15) is 19.3 Å². The molecule has 0 radical (unpaired) electrons. The minimum Gasteiger partial charge on any atom is -0.490 e. The first-order chi connectivity index (χ1) is 17.1. The van der Waals surface area contributed by atoms with Gasteiger partial charge in [0, 0.05) is 42.5 Å². The van der Waals surface area contributed by atoms with Gasteiger partial charge in [0.2, 0.25) is 0 Å². The Morgan fingerprint density at radius 3 is 2.63 bits per heavy atom. The number of halogens is 2. The zero-order chi connectivity index (χ0) is 24.2. The van der Waals surface area contributed by atoms with E-state index in [4.69, 9.17) is 9.72 Å². The lowest BCUT2D eigenvalue weighted by molar-refractivity contribution is 0.184. The summed E-state index contributed by atoms with van der Waals surface area (Å²) in [6, 6.07) is 11.4. The maximum absolute atomic E-state index is 14.7. The van der Waals surface area contributed by atoms with Gasteiger partial charge in [-0.2, -0.15) is 0 Å². The van der Waals surface area contributed by atoms with Crippen LogP contribution in [0.4, 0.5) is 14.6 Å². The van der Waals surface area contributed by atoms with Gasteiger partial charge in [0.05, 0.1) is 0 Å². The minimum absolute atomic E-state index is 0.158. The van der Waals surface area contributed by atoms with Gasteiger partial charge in [-0.3, -0.25) is 9.88 Å². The molecule has 0 spiro atoms. The fraction of sp³-hybridized carbons (Fsp3) is 0.296. The quantitative estimate of drug-likeness (QED) is 0.379. The van der Waals surface area contributed by atoms with Crippen molar-refractivity contribution in [3.8, 4) is 28.3 Å². The maximum atomic E-state index is 14.7. The molecule has 0 bridgehead atoms. The summed E-state index contributed by atoms with van der Waals surface area (Å²) >= 11 is 0. The Labute approximate surface area is 203 Å². The van der Waals surface area contributed by atoms with E-state index in [-0.39, 0.29) is 5.56 Å². The summed E-state index contributed by atoms with van der Waals surface area (Å²) in [4.78, 5) is 16.0. The zero-order valence-corrected chi connectivity index (χ0v) is 19.6. The monoisotopic (exact) mass is 475 g/mol. The molecule has 1 aliphatic rings. The van der Waals surface area contributed by atoms with E-state index in [2.05, 4.69) is 20.2 Å². The molecule has 0 amide bonds. The van der Waals surface area contributed by atoms with Crippen LogP contribution in [0, 0.1) is 11.6 Å². The summed E-state index contributed by atoms with van der Waals surface area (Å²) in [7, 11) is 1.77. The molecule has 5 rings (SSSR count). The lowest BCUT2D eigenvalue weighted by Crippen LogP contribution is -2.33. The molecule has 1 N–H and O–H groups in total. The Balaban J connectivity index is 1.61. The number of piperidine rings is 1. The molecule has 8 heteroatoms. The SMILES string of the molecule is CNc1nc(-c2cccnc2)nc2c(OCCN3CCCCC3)cc(-c3cccc(F)c3F)cc12. The van der Waals surface area contributed by atoms with Crippen molar-refractivity contribution in [2.75, 3.05) is 38.6 Å². The largest absolute Gasteiger partial charge is 0.490 e. The smallest absolute Gasteiger partial charge is 0.166 e. The number of nitrogens with zero attached hydrogens (tertiary/aromatic N) is 4. The van der Waals surface area contributed by atoms with Crippen molar-refractivity contribution < 1.29 is 13.5 Å². The molecule has 1 fully saturated rings. The summed E-state index contributed by atoms with van der Waals surface area (Å²) in [6.07, 6.45) is 7.06. The van der Waals surface area contributed by atoms with Crippen LogP contribution in [-0.2, 0) is 0 Å². The van der Waals surface area contributed by atoms with Crippen molar-refractivity contribution in [1.82, 2.24) is 19.9 Å². The third kappa shape index (κ3) is 4.93. The van der Waals surface area contributed by atoms with Gasteiger partial charge in [-0.1, -0.05) is 18.6 Å². The predicted molar refractivity (Wildman–Crippen MR) is 133 cm³/mol. The molecule has 180 valence electrons. The van der Waals surface area contributed by atoms with Gasteiger partial charge in [0.25, 0.3) is 0 Å². The van der Waals surface area contributed by atoms with Crippen molar-refractivity contribution in [2.24, 2.45) is 0 Å². The Kier molecular flexibility index (Phi) is 6.81. The molecule has 0 atom stereocenters. The third-order valence-corrected chi connectivity index (χ3v) is 6.30. The third-order valence-electron chi connectivity index (χ3n) is 6.30. The summed E-state index contributed by atoms with van der Waals surface area (Å²) in [5, 5.41) is 3.78. The molecular weight excluding hydrogens is 448 g/mol. The van der Waals surface area contributed by atoms with Gasteiger partial charge in [-0.05, 0) is 61.8 Å². The Bertz CT molecular complexity index is 1330. The molecule has 1 aliphatic heterocycles. The Hall–Kier alpha value is -3.65. The number of aromatic nitrogens is 3. The second-order valence-corrected chi connectivity index (χ2v) is 8.61. The summed E-state index contributed by atoms with van der Waals surface area (Å²) < 4.78 is 35.0. The number of benzene rings is 2. The first-order valence-electron chi connectivity index (χ1n) is 11.9. The van der Waals surface area contributed by atoms with Crippen LogP contribution >= 0.6 is 0 Å². The fourth-order valence-corrected chi connectivity index (χ4v) is 4.48. The van der Waals surface area contributed by atoms with Crippen LogP contribution in [0.25, 0.3) is 33.4 Å². The van der Waals surface area contributed by atoms with E-state index in [1.165, 1.54) is 25.3 Å². The van der Waals surface area contributed by atoms with Gasteiger partial charge in [0.15, 0.2) is 17.5 Å². The number of hydrogen-bond donors (Lipinski definition) is 1. The lowest BCUT2D eigenvalue weighted by Gasteiger charge is -2.26. The van der Waals surface area contributed by atoms with E-state index in [0.29, 0.717) is 40.5 Å². The second-order valence-electron chi connectivity index (χ2n) is 8.61. The standard InChI is InChI=1S/C27H27F2N5O/c1-30-27-21-15-19(20-8-5-9-22(28)24(20)29)16-23(35-14-13-34-11-3-2-4-12-34)25(21)32-26(33-27)18-7-6-10-31-17-18/h5-10,15-17H,2-4,11-14H2,1H3,(H,30,32,33). The van der Waals surface area contributed by atoms with E-state index in [0.717, 1.165) is 31.3 Å². The molecule has 1 saturated heterocycles. The minimum atomic E-state index is -0.898. The number of rotatable bonds is 7. The number of hydrogen-bond acceptors (Lipinski definition) is 6. The highest BCUT2D eigenvalue weighted by Gasteiger charge is 2.18. The highest BCUT2D eigenvalue weighted by Crippen LogP contribution is 2.37. The molecule has 4 aromatic rings. The number of likely N-dealkylation sites (tertiary alicyclic amines) is 1. The van der Waals surface area contributed by atoms with Gasteiger partial charge in [0.1, 0.15) is 23.7 Å². The van der Waals surface area contributed by atoms with Crippen molar-refractivity contribution in [3.63, 3.8) is 0 Å². The van der Waals surface area contributed by atoms with Crippen LogP contribution < -0.4 is 10.1 Å². The van der Waals surface area contributed by atoms with Crippen molar-refractivity contribution in [3.05, 3.63) is 66.5 Å². The van der Waals surface area contributed by atoms with Crippen molar-refractivity contribution in [2.45, 2.75) is 19.3 Å². The first-order valence-corrected chi connectivity index (χ1v) is 11.9. The molecule has 0 unspecified atom stereocenters. The van der Waals surface area contributed by atoms with Crippen molar-refractivity contribution in [1.29, 1.82) is 0 Å². The van der Waals surface area contributed by atoms with Crippen LogP contribution in [0.15, 0.2) is 54.9 Å². The Morgan fingerprint density at radius 1 is 1.00 bits per heavy atom. The number of ether oxygens (including phenoxy) is 1. The fourth-order valence-electron chi connectivity index (χ4n) is 4.48. The molecule has 35 heavy (non-hydrogen) atoms. The second kappa shape index (κ2) is 10.3. The molecule has 0 aliphatic carbocycles. The summed E-state index contributed by atoms with van der Waals surface area (Å²) in [5.74, 6) is -0.228. The lowest BCUT2D eigenvalue weighted by atomic mass is 10.0. The highest BCUT2D eigenvalue weighted by molar-refractivity contribution is 5.97. The maximum Gasteiger partial charge on any atom is 0.166 e. The predicted octanol–water partition coefficient (Wildman–Crippen LogP) is 5.54. The van der Waals surface area contributed by atoms with E-state index in [1.807, 2.05) is 12.1 Å². The number of fused-ring (bicyclic) bond motifs is 1. The molecule has 0 saturated carbocycles. The first kappa shape index (κ1) is 23.1. The van der Waals surface area contributed by atoms with E-state index in [9.17, 15) is 8.78 Å².